The molecule has 0 N–H and O–H groups in total. The SMILES string of the molecule is CC(C)c1noc(CCC(=O)N2CCCC(c3ccccc3)CC2)n1. The Balaban J connectivity index is 1.50. The largest absolute Gasteiger partial charge is 0.343 e. The summed E-state index contributed by atoms with van der Waals surface area (Å²) in [6, 6.07) is 10.6. The van der Waals surface area contributed by atoms with Gasteiger partial charge in [0, 0.05) is 31.8 Å². The summed E-state index contributed by atoms with van der Waals surface area (Å²) in [6.07, 6.45) is 4.21. The fraction of sp³-hybridized carbons (Fsp3) is 0.550. The summed E-state index contributed by atoms with van der Waals surface area (Å²) in [7, 11) is 0. The van der Waals surface area contributed by atoms with Gasteiger partial charge in [-0.15, -0.1) is 0 Å². The Labute approximate surface area is 149 Å². The highest BCUT2D eigenvalue weighted by atomic mass is 16.5. The molecule has 1 aliphatic rings. The number of aryl methyl sites for hydroxylation is 1. The van der Waals surface area contributed by atoms with Crippen molar-refractivity contribution in [1.29, 1.82) is 0 Å². The summed E-state index contributed by atoms with van der Waals surface area (Å²) >= 11 is 0. The Hall–Kier alpha value is -2.17. The first-order valence-corrected chi connectivity index (χ1v) is 9.28. The smallest absolute Gasteiger partial charge is 0.227 e. The first-order chi connectivity index (χ1) is 12.1. The normalized spacial score (nSPS) is 18.4. The quantitative estimate of drug-likeness (QED) is 0.827. The molecular formula is C20H27N3O2. The van der Waals surface area contributed by atoms with Crippen LogP contribution in [0.4, 0.5) is 0 Å². The molecule has 1 aliphatic heterocycles. The van der Waals surface area contributed by atoms with Crippen molar-refractivity contribution in [2.45, 2.75) is 57.8 Å². The molecule has 0 radical (unpaired) electrons. The average Bonchev–Trinajstić information content (AvgIpc) is 2.97. The van der Waals surface area contributed by atoms with Crippen molar-refractivity contribution in [2.75, 3.05) is 13.1 Å². The molecule has 134 valence electrons. The molecule has 1 saturated heterocycles. The Morgan fingerprint density at radius 1 is 1.24 bits per heavy atom. The number of amides is 1. The van der Waals surface area contributed by atoms with E-state index < -0.39 is 0 Å². The van der Waals surface area contributed by atoms with E-state index in [-0.39, 0.29) is 11.8 Å². The van der Waals surface area contributed by atoms with E-state index in [9.17, 15) is 4.79 Å². The van der Waals surface area contributed by atoms with E-state index in [4.69, 9.17) is 4.52 Å². The number of nitrogens with zero attached hydrogens (tertiary/aromatic N) is 3. The van der Waals surface area contributed by atoms with Gasteiger partial charge < -0.3 is 9.42 Å². The Morgan fingerprint density at radius 2 is 2.04 bits per heavy atom. The molecule has 2 heterocycles. The molecule has 1 aromatic carbocycles. The molecule has 25 heavy (non-hydrogen) atoms. The fourth-order valence-electron chi connectivity index (χ4n) is 3.38. The number of benzene rings is 1. The van der Waals surface area contributed by atoms with Crippen LogP contribution in [0.5, 0.6) is 0 Å². The van der Waals surface area contributed by atoms with Crippen molar-refractivity contribution in [3.8, 4) is 0 Å². The van der Waals surface area contributed by atoms with Crippen LogP contribution in [0, 0.1) is 0 Å². The molecule has 0 spiro atoms. The summed E-state index contributed by atoms with van der Waals surface area (Å²) in [5.41, 5.74) is 1.39. The van der Waals surface area contributed by atoms with Gasteiger partial charge in [0.15, 0.2) is 5.82 Å². The van der Waals surface area contributed by atoms with Gasteiger partial charge in [-0.3, -0.25) is 4.79 Å². The lowest BCUT2D eigenvalue weighted by Gasteiger charge is -2.20. The van der Waals surface area contributed by atoms with Crippen LogP contribution in [-0.4, -0.2) is 34.0 Å². The maximum atomic E-state index is 12.5. The highest BCUT2D eigenvalue weighted by Gasteiger charge is 2.22. The molecule has 5 nitrogen and oxygen atoms in total. The zero-order chi connectivity index (χ0) is 17.6. The third-order valence-corrected chi connectivity index (χ3v) is 4.90. The van der Waals surface area contributed by atoms with Crippen LogP contribution in [-0.2, 0) is 11.2 Å². The number of carbonyl (C=O) groups is 1. The second kappa shape index (κ2) is 8.28. The van der Waals surface area contributed by atoms with Gasteiger partial charge in [0.05, 0.1) is 0 Å². The lowest BCUT2D eigenvalue weighted by atomic mass is 9.92. The Kier molecular flexibility index (Phi) is 5.84. The van der Waals surface area contributed by atoms with E-state index in [0.29, 0.717) is 30.5 Å². The number of carbonyl (C=O) groups excluding carboxylic acids is 1. The van der Waals surface area contributed by atoms with Gasteiger partial charge in [0.25, 0.3) is 0 Å². The van der Waals surface area contributed by atoms with Crippen molar-refractivity contribution >= 4 is 5.91 Å². The molecule has 1 fully saturated rings. The van der Waals surface area contributed by atoms with Crippen LogP contribution in [0.15, 0.2) is 34.9 Å². The van der Waals surface area contributed by atoms with Gasteiger partial charge in [-0.1, -0.05) is 49.3 Å². The molecule has 5 heteroatoms. The molecule has 1 aromatic heterocycles. The van der Waals surface area contributed by atoms with Crippen LogP contribution in [0.1, 0.15) is 68.6 Å². The minimum atomic E-state index is 0.193. The molecule has 0 saturated carbocycles. The number of hydrogen-bond acceptors (Lipinski definition) is 4. The maximum Gasteiger partial charge on any atom is 0.227 e. The van der Waals surface area contributed by atoms with Crippen molar-refractivity contribution in [1.82, 2.24) is 15.0 Å². The summed E-state index contributed by atoms with van der Waals surface area (Å²) in [4.78, 5) is 18.9. The van der Waals surface area contributed by atoms with Gasteiger partial charge in [-0.05, 0) is 30.7 Å². The van der Waals surface area contributed by atoms with Gasteiger partial charge in [0.2, 0.25) is 11.8 Å². The standard InChI is InChI=1S/C20H27N3O2/c1-15(2)20-21-18(25-22-20)10-11-19(24)23-13-6-9-17(12-14-23)16-7-4-3-5-8-16/h3-5,7-8,15,17H,6,9-14H2,1-2H3. The van der Waals surface area contributed by atoms with Crippen molar-refractivity contribution in [3.63, 3.8) is 0 Å². The maximum absolute atomic E-state index is 12.5. The topological polar surface area (TPSA) is 59.2 Å². The molecule has 2 aromatic rings. The van der Waals surface area contributed by atoms with E-state index in [2.05, 4.69) is 40.5 Å². The fourth-order valence-corrected chi connectivity index (χ4v) is 3.38. The highest BCUT2D eigenvalue weighted by molar-refractivity contribution is 5.76. The minimum absolute atomic E-state index is 0.193. The van der Waals surface area contributed by atoms with Crippen molar-refractivity contribution in [2.24, 2.45) is 0 Å². The van der Waals surface area contributed by atoms with Gasteiger partial charge >= 0.3 is 0 Å². The lowest BCUT2D eigenvalue weighted by Crippen LogP contribution is -2.32. The van der Waals surface area contributed by atoms with E-state index in [1.165, 1.54) is 5.56 Å². The van der Waals surface area contributed by atoms with E-state index in [1.54, 1.807) is 0 Å². The van der Waals surface area contributed by atoms with E-state index >= 15 is 0 Å². The molecule has 1 atom stereocenters. The first kappa shape index (κ1) is 17.6. The van der Waals surface area contributed by atoms with Crippen molar-refractivity contribution in [3.05, 3.63) is 47.6 Å². The van der Waals surface area contributed by atoms with Gasteiger partial charge in [0.1, 0.15) is 0 Å². The van der Waals surface area contributed by atoms with Gasteiger partial charge in [-0.25, -0.2) is 0 Å². The number of hydrogen-bond donors (Lipinski definition) is 0. The molecule has 1 unspecified atom stereocenters. The Bertz CT molecular complexity index is 681. The molecule has 0 aliphatic carbocycles. The second-order valence-corrected chi connectivity index (χ2v) is 7.12. The van der Waals surface area contributed by atoms with Crippen LogP contribution >= 0.6 is 0 Å². The minimum Gasteiger partial charge on any atom is -0.343 e. The number of likely N-dealkylation sites (tertiary alicyclic amines) is 1. The average molecular weight is 341 g/mol. The van der Waals surface area contributed by atoms with Crippen LogP contribution in [0.3, 0.4) is 0 Å². The van der Waals surface area contributed by atoms with Gasteiger partial charge in [-0.2, -0.15) is 4.98 Å². The van der Waals surface area contributed by atoms with Crippen LogP contribution in [0.2, 0.25) is 0 Å². The van der Waals surface area contributed by atoms with E-state index in [0.717, 1.165) is 32.4 Å². The molecular weight excluding hydrogens is 314 g/mol. The zero-order valence-corrected chi connectivity index (χ0v) is 15.1. The number of aromatic nitrogens is 2. The van der Waals surface area contributed by atoms with E-state index in [1.807, 2.05) is 18.7 Å². The van der Waals surface area contributed by atoms with Crippen LogP contribution < -0.4 is 0 Å². The summed E-state index contributed by atoms with van der Waals surface area (Å²) in [5.74, 6) is 2.27. The first-order valence-electron chi connectivity index (χ1n) is 9.28. The third-order valence-electron chi connectivity index (χ3n) is 4.90. The summed E-state index contributed by atoms with van der Waals surface area (Å²) in [5, 5.41) is 3.95. The summed E-state index contributed by atoms with van der Waals surface area (Å²) in [6.45, 7) is 5.74. The Morgan fingerprint density at radius 3 is 2.76 bits per heavy atom. The highest BCUT2D eigenvalue weighted by Crippen LogP contribution is 2.28. The predicted molar refractivity (Wildman–Crippen MR) is 96.3 cm³/mol. The van der Waals surface area contributed by atoms with Crippen LogP contribution in [0.25, 0.3) is 0 Å². The third kappa shape index (κ3) is 4.68. The number of rotatable bonds is 5. The zero-order valence-electron chi connectivity index (χ0n) is 15.1. The predicted octanol–water partition coefficient (Wildman–Crippen LogP) is 3.92. The monoisotopic (exact) mass is 341 g/mol. The lowest BCUT2D eigenvalue weighted by molar-refractivity contribution is -0.131. The molecule has 0 bridgehead atoms. The molecule has 1 amide bonds. The van der Waals surface area contributed by atoms with Crippen molar-refractivity contribution < 1.29 is 9.32 Å². The molecule has 3 rings (SSSR count). The summed E-state index contributed by atoms with van der Waals surface area (Å²) < 4.78 is 5.23. The second-order valence-electron chi connectivity index (χ2n) is 7.12.